The van der Waals surface area contributed by atoms with E-state index in [4.69, 9.17) is 4.74 Å². The Kier molecular flexibility index (Phi) is 7.19. The van der Waals surface area contributed by atoms with Crippen molar-refractivity contribution in [1.82, 2.24) is 9.21 Å². The summed E-state index contributed by atoms with van der Waals surface area (Å²) in [5, 5.41) is 2.93. The van der Waals surface area contributed by atoms with Gasteiger partial charge in [0, 0.05) is 25.8 Å². The molecule has 2 aromatic carbocycles. The van der Waals surface area contributed by atoms with E-state index in [0.29, 0.717) is 23.4 Å². The van der Waals surface area contributed by atoms with Crippen molar-refractivity contribution in [3.63, 3.8) is 0 Å². The van der Waals surface area contributed by atoms with Crippen LogP contribution in [0.5, 0.6) is 5.75 Å². The van der Waals surface area contributed by atoms with Gasteiger partial charge in [-0.1, -0.05) is 31.0 Å². The van der Waals surface area contributed by atoms with Crippen molar-refractivity contribution in [2.75, 3.05) is 26.5 Å². The standard InChI is InChI=1S/C26H33N3O5S/c1-17-13-14-19(35(32,33)28(2)3)16-21(17)27-25(30)23-15-18-9-5-7-11-22(18)29(23)26(31)20-10-6-8-12-24(20)34-4/h6,8,10,12-14,16,18,22-23H,5,7,9,11,15H2,1-4H3,(H,27,30). The van der Waals surface area contributed by atoms with Gasteiger partial charge in [0.15, 0.2) is 0 Å². The van der Waals surface area contributed by atoms with E-state index in [0.717, 1.165) is 35.6 Å². The van der Waals surface area contributed by atoms with E-state index in [1.54, 1.807) is 29.2 Å². The minimum atomic E-state index is -3.65. The smallest absolute Gasteiger partial charge is 0.258 e. The molecule has 2 aromatic rings. The third kappa shape index (κ3) is 4.79. The van der Waals surface area contributed by atoms with Gasteiger partial charge in [0.2, 0.25) is 15.9 Å². The molecule has 0 aromatic heterocycles. The number of ether oxygens (including phenoxy) is 1. The van der Waals surface area contributed by atoms with E-state index in [-0.39, 0.29) is 28.7 Å². The van der Waals surface area contributed by atoms with Crippen molar-refractivity contribution < 1.29 is 22.7 Å². The molecule has 2 amide bonds. The number of hydrogen-bond donors (Lipinski definition) is 1. The number of anilines is 1. The van der Waals surface area contributed by atoms with Crippen LogP contribution in [0, 0.1) is 12.8 Å². The van der Waals surface area contributed by atoms with E-state index in [2.05, 4.69) is 5.32 Å². The van der Waals surface area contributed by atoms with Crippen molar-refractivity contribution in [2.24, 2.45) is 5.92 Å². The number of carbonyl (C=O) groups is 2. The summed E-state index contributed by atoms with van der Waals surface area (Å²) in [4.78, 5) is 29.2. The molecule has 1 saturated heterocycles. The topological polar surface area (TPSA) is 96.0 Å². The predicted octanol–water partition coefficient (Wildman–Crippen LogP) is 3.67. The summed E-state index contributed by atoms with van der Waals surface area (Å²) in [5.74, 6) is 0.232. The molecule has 0 spiro atoms. The number of amides is 2. The van der Waals surface area contributed by atoms with Crippen LogP contribution in [0.1, 0.15) is 48.0 Å². The third-order valence-corrected chi connectivity index (χ3v) is 9.02. The van der Waals surface area contributed by atoms with E-state index in [1.165, 1.54) is 33.3 Å². The van der Waals surface area contributed by atoms with Crippen LogP contribution < -0.4 is 10.1 Å². The van der Waals surface area contributed by atoms with E-state index >= 15 is 0 Å². The van der Waals surface area contributed by atoms with Crippen LogP contribution in [0.25, 0.3) is 0 Å². The second-order valence-electron chi connectivity index (χ2n) is 9.53. The highest BCUT2D eigenvalue weighted by Gasteiger charge is 2.48. The number of fused-ring (bicyclic) bond motifs is 1. The summed E-state index contributed by atoms with van der Waals surface area (Å²) in [7, 11) is 0.811. The van der Waals surface area contributed by atoms with E-state index in [1.807, 2.05) is 13.0 Å². The van der Waals surface area contributed by atoms with Gasteiger partial charge >= 0.3 is 0 Å². The van der Waals surface area contributed by atoms with Crippen molar-refractivity contribution >= 4 is 27.5 Å². The molecule has 35 heavy (non-hydrogen) atoms. The molecule has 1 saturated carbocycles. The van der Waals surface area contributed by atoms with Crippen LogP contribution in [0.2, 0.25) is 0 Å². The Balaban J connectivity index is 1.66. The van der Waals surface area contributed by atoms with Gasteiger partial charge < -0.3 is 15.0 Å². The lowest BCUT2D eigenvalue weighted by Crippen LogP contribution is -2.48. The minimum absolute atomic E-state index is 0.00142. The van der Waals surface area contributed by atoms with Gasteiger partial charge in [-0.15, -0.1) is 0 Å². The molecule has 1 N–H and O–H groups in total. The lowest BCUT2D eigenvalue weighted by Gasteiger charge is -2.34. The van der Waals surface area contributed by atoms with Gasteiger partial charge in [-0.2, -0.15) is 0 Å². The quantitative estimate of drug-likeness (QED) is 0.654. The summed E-state index contributed by atoms with van der Waals surface area (Å²) in [6, 6.07) is 11.1. The van der Waals surface area contributed by atoms with Gasteiger partial charge in [-0.25, -0.2) is 12.7 Å². The third-order valence-electron chi connectivity index (χ3n) is 7.21. The summed E-state index contributed by atoms with van der Waals surface area (Å²) >= 11 is 0. The molecule has 0 radical (unpaired) electrons. The Morgan fingerprint density at radius 2 is 1.80 bits per heavy atom. The second kappa shape index (κ2) is 9.99. The largest absolute Gasteiger partial charge is 0.496 e. The maximum atomic E-state index is 13.8. The molecule has 2 aliphatic rings. The molecule has 188 valence electrons. The Bertz CT molecular complexity index is 1230. The molecular formula is C26H33N3O5S. The number of methoxy groups -OCH3 is 1. The minimum Gasteiger partial charge on any atom is -0.496 e. The Morgan fingerprint density at radius 3 is 2.51 bits per heavy atom. The van der Waals surface area contributed by atoms with Crippen molar-refractivity contribution in [2.45, 2.75) is 56.0 Å². The highest BCUT2D eigenvalue weighted by atomic mass is 32.2. The molecule has 8 nitrogen and oxygen atoms in total. The van der Waals surface area contributed by atoms with Crippen molar-refractivity contribution in [3.8, 4) is 5.75 Å². The normalized spacial score (nSPS) is 22.1. The van der Waals surface area contributed by atoms with Crippen LogP contribution in [0.4, 0.5) is 5.69 Å². The van der Waals surface area contributed by atoms with Crippen LogP contribution in [-0.2, 0) is 14.8 Å². The monoisotopic (exact) mass is 499 g/mol. The van der Waals surface area contributed by atoms with Crippen LogP contribution in [-0.4, -0.2) is 62.7 Å². The number of likely N-dealkylation sites (tertiary alicyclic amines) is 1. The molecule has 1 heterocycles. The maximum absolute atomic E-state index is 13.8. The predicted molar refractivity (Wildman–Crippen MR) is 134 cm³/mol. The number of carbonyl (C=O) groups excluding carboxylic acids is 2. The molecule has 9 heteroatoms. The fourth-order valence-electron chi connectivity index (χ4n) is 5.27. The van der Waals surface area contributed by atoms with Crippen molar-refractivity contribution in [3.05, 3.63) is 53.6 Å². The number of para-hydroxylation sites is 1. The van der Waals surface area contributed by atoms with Crippen molar-refractivity contribution in [1.29, 1.82) is 0 Å². The number of aryl methyl sites for hydroxylation is 1. The molecule has 3 unspecified atom stereocenters. The molecular weight excluding hydrogens is 466 g/mol. The molecule has 1 aliphatic heterocycles. The summed E-state index contributed by atoms with van der Waals surface area (Å²) in [6.07, 6.45) is 4.56. The summed E-state index contributed by atoms with van der Waals surface area (Å²) in [5.41, 5.74) is 1.61. The Labute approximate surface area is 207 Å². The Hall–Kier alpha value is -2.91. The number of rotatable bonds is 6. The zero-order valence-corrected chi connectivity index (χ0v) is 21.5. The number of sulfonamides is 1. The summed E-state index contributed by atoms with van der Waals surface area (Å²) in [6.45, 7) is 1.81. The fraction of sp³-hybridized carbons (Fsp3) is 0.462. The van der Waals surface area contributed by atoms with Gasteiger partial charge in [0.1, 0.15) is 11.8 Å². The zero-order chi connectivity index (χ0) is 25.3. The van der Waals surface area contributed by atoms with Crippen LogP contribution in [0.15, 0.2) is 47.4 Å². The average molecular weight is 500 g/mol. The van der Waals surface area contributed by atoms with Crippen LogP contribution in [0.3, 0.4) is 0 Å². The van der Waals surface area contributed by atoms with Gasteiger partial charge in [-0.3, -0.25) is 9.59 Å². The zero-order valence-electron chi connectivity index (χ0n) is 20.7. The van der Waals surface area contributed by atoms with E-state index < -0.39 is 16.1 Å². The molecule has 4 rings (SSSR count). The highest BCUT2D eigenvalue weighted by molar-refractivity contribution is 7.89. The van der Waals surface area contributed by atoms with Gasteiger partial charge in [0.25, 0.3) is 5.91 Å². The number of hydrogen-bond acceptors (Lipinski definition) is 5. The first-order chi connectivity index (χ1) is 16.6. The summed E-state index contributed by atoms with van der Waals surface area (Å²) < 4.78 is 31.8. The van der Waals surface area contributed by atoms with Crippen LogP contribution >= 0.6 is 0 Å². The second-order valence-corrected chi connectivity index (χ2v) is 11.7. The Morgan fingerprint density at radius 1 is 1.09 bits per heavy atom. The van der Waals surface area contributed by atoms with Gasteiger partial charge in [0.05, 0.1) is 17.6 Å². The number of benzene rings is 2. The lowest BCUT2D eigenvalue weighted by molar-refractivity contribution is -0.120. The first-order valence-corrected chi connectivity index (χ1v) is 13.4. The number of nitrogens with one attached hydrogen (secondary N) is 1. The molecule has 1 aliphatic carbocycles. The fourth-order valence-corrected chi connectivity index (χ4v) is 6.20. The molecule has 3 atom stereocenters. The average Bonchev–Trinajstić information content (AvgIpc) is 3.24. The first kappa shape index (κ1) is 25.2. The SMILES string of the molecule is COc1ccccc1C(=O)N1C(C(=O)Nc2cc(S(=O)(=O)N(C)C)ccc2C)CC2CCCCC21. The molecule has 0 bridgehead atoms. The number of nitrogens with zero attached hydrogens (tertiary/aromatic N) is 2. The highest BCUT2D eigenvalue weighted by Crippen LogP contribution is 2.41. The maximum Gasteiger partial charge on any atom is 0.258 e. The molecule has 2 fully saturated rings. The lowest BCUT2D eigenvalue weighted by atomic mass is 9.84. The van der Waals surface area contributed by atoms with Gasteiger partial charge in [-0.05, 0) is 61.9 Å². The first-order valence-electron chi connectivity index (χ1n) is 11.9. The van der Waals surface area contributed by atoms with E-state index in [9.17, 15) is 18.0 Å².